The van der Waals surface area contributed by atoms with Crippen molar-refractivity contribution in [3.8, 4) is 0 Å². The van der Waals surface area contributed by atoms with E-state index in [1.807, 2.05) is 0 Å². The minimum atomic E-state index is -0.467. The summed E-state index contributed by atoms with van der Waals surface area (Å²) in [7, 11) is 0. The quantitative estimate of drug-likeness (QED) is 0.337. The second kappa shape index (κ2) is 6.17. The highest BCUT2D eigenvalue weighted by atomic mass is 16.6. The number of hydrogen-bond acceptors (Lipinski definition) is 4. The molecule has 8 nitrogen and oxygen atoms in total. The summed E-state index contributed by atoms with van der Waals surface area (Å²) in [5, 5.41) is 17.3. The molecule has 0 aromatic carbocycles. The topological polar surface area (TPSA) is 111 Å². The average molecular weight is 266 g/mol. The molecule has 1 heterocycles. The Morgan fingerprint density at radius 3 is 3.05 bits per heavy atom. The van der Waals surface area contributed by atoms with Crippen molar-refractivity contribution >= 4 is 11.6 Å². The van der Waals surface area contributed by atoms with Crippen LogP contribution in [0.2, 0.25) is 0 Å². The first-order chi connectivity index (χ1) is 9.15. The van der Waals surface area contributed by atoms with Gasteiger partial charge in [-0.3, -0.25) is 19.8 Å². The van der Waals surface area contributed by atoms with Crippen molar-refractivity contribution in [1.82, 2.24) is 15.1 Å². The number of rotatable bonds is 6. The molecule has 1 fully saturated rings. The number of nitrogens with one attached hydrogen (secondary N) is 1. The molecular formula is C11H18N6O2. The lowest BCUT2D eigenvalue weighted by molar-refractivity contribution is -0.385. The monoisotopic (exact) mass is 266 g/mol. The van der Waals surface area contributed by atoms with Crippen LogP contribution in [0.25, 0.3) is 0 Å². The lowest BCUT2D eigenvalue weighted by Crippen LogP contribution is -2.35. The van der Waals surface area contributed by atoms with Gasteiger partial charge in [0.15, 0.2) is 5.96 Å². The van der Waals surface area contributed by atoms with E-state index in [9.17, 15) is 10.1 Å². The molecule has 8 heteroatoms. The van der Waals surface area contributed by atoms with E-state index >= 15 is 0 Å². The van der Waals surface area contributed by atoms with Gasteiger partial charge in [0.25, 0.3) is 0 Å². The van der Waals surface area contributed by atoms with Gasteiger partial charge < -0.3 is 11.1 Å². The van der Waals surface area contributed by atoms with Crippen molar-refractivity contribution in [3.05, 3.63) is 22.5 Å². The number of nitrogens with zero attached hydrogens (tertiary/aromatic N) is 4. The van der Waals surface area contributed by atoms with Crippen molar-refractivity contribution in [2.75, 3.05) is 13.1 Å². The molecule has 104 valence electrons. The van der Waals surface area contributed by atoms with Gasteiger partial charge >= 0.3 is 5.69 Å². The van der Waals surface area contributed by atoms with Crippen LogP contribution in [0.4, 0.5) is 5.69 Å². The lowest BCUT2D eigenvalue weighted by Gasteiger charge is -2.23. The third-order valence-corrected chi connectivity index (χ3v) is 3.22. The maximum absolute atomic E-state index is 10.5. The van der Waals surface area contributed by atoms with Crippen LogP contribution in [0, 0.1) is 16.0 Å². The first-order valence-electron chi connectivity index (χ1n) is 6.36. The lowest BCUT2D eigenvalue weighted by atomic mass is 9.86. The standard InChI is InChI=1S/C11H18N6O2/c12-11(14-6-9-2-1-3-9)13-4-5-16-8-10(7-15-16)17(18)19/h7-9H,1-6H2,(H3,12,13,14). The molecule has 1 aliphatic rings. The van der Waals surface area contributed by atoms with Crippen LogP contribution in [0.3, 0.4) is 0 Å². The normalized spacial score (nSPS) is 16.1. The van der Waals surface area contributed by atoms with E-state index in [2.05, 4.69) is 15.4 Å². The molecule has 3 N–H and O–H groups in total. The summed E-state index contributed by atoms with van der Waals surface area (Å²) in [5.41, 5.74) is 5.71. The largest absolute Gasteiger partial charge is 0.370 e. The molecule has 2 rings (SSSR count). The fourth-order valence-electron chi connectivity index (χ4n) is 1.83. The number of nitro groups is 1. The SMILES string of the molecule is NC(=NCC1CCC1)NCCn1cc([N+](=O)[O-])cn1. The van der Waals surface area contributed by atoms with Gasteiger partial charge in [-0.1, -0.05) is 6.42 Å². The van der Waals surface area contributed by atoms with Crippen molar-refractivity contribution in [2.45, 2.75) is 25.8 Å². The predicted molar refractivity (Wildman–Crippen MR) is 70.7 cm³/mol. The Bertz CT molecular complexity index is 466. The fourth-order valence-corrected chi connectivity index (χ4v) is 1.83. The second-order valence-electron chi connectivity index (χ2n) is 4.67. The molecule has 1 aromatic rings. The summed E-state index contributed by atoms with van der Waals surface area (Å²) >= 11 is 0. The maximum atomic E-state index is 10.5. The second-order valence-corrected chi connectivity index (χ2v) is 4.67. The van der Waals surface area contributed by atoms with Crippen LogP contribution >= 0.6 is 0 Å². The van der Waals surface area contributed by atoms with Gasteiger partial charge in [-0.05, 0) is 18.8 Å². The van der Waals surface area contributed by atoms with Crippen molar-refractivity contribution in [2.24, 2.45) is 16.6 Å². The number of guanidine groups is 1. The predicted octanol–water partition coefficient (Wildman–Crippen LogP) is 0.496. The van der Waals surface area contributed by atoms with Crippen LogP contribution in [0.15, 0.2) is 17.4 Å². The summed E-state index contributed by atoms with van der Waals surface area (Å²) in [4.78, 5) is 14.3. The van der Waals surface area contributed by atoms with E-state index < -0.39 is 4.92 Å². The Balaban J connectivity index is 1.68. The highest BCUT2D eigenvalue weighted by molar-refractivity contribution is 5.77. The van der Waals surface area contributed by atoms with Crippen LogP contribution in [-0.2, 0) is 6.54 Å². The van der Waals surface area contributed by atoms with E-state index in [0.717, 1.165) is 6.54 Å². The number of hydrogen-bond donors (Lipinski definition) is 2. The highest BCUT2D eigenvalue weighted by Crippen LogP contribution is 2.26. The Kier molecular flexibility index (Phi) is 4.32. The molecule has 1 saturated carbocycles. The van der Waals surface area contributed by atoms with E-state index in [-0.39, 0.29) is 5.69 Å². The first-order valence-corrected chi connectivity index (χ1v) is 6.36. The molecule has 0 aliphatic heterocycles. The summed E-state index contributed by atoms with van der Waals surface area (Å²) in [6.07, 6.45) is 6.41. The summed E-state index contributed by atoms with van der Waals surface area (Å²) in [6.45, 7) is 1.83. The van der Waals surface area contributed by atoms with Gasteiger partial charge in [-0.2, -0.15) is 5.10 Å². The van der Waals surface area contributed by atoms with Gasteiger partial charge in [0, 0.05) is 13.1 Å². The van der Waals surface area contributed by atoms with Gasteiger partial charge in [0.05, 0.1) is 11.5 Å². The van der Waals surface area contributed by atoms with Crippen LogP contribution < -0.4 is 11.1 Å². The minimum Gasteiger partial charge on any atom is -0.370 e. The zero-order valence-corrected chi connectivity index (χ0v) is 10.7. The molecular weight excluding hydrogens is 248 g/mol. The Labute approximate surface area is 110 Å². The molecule has 0 atom stereocenters. The molecule has 0 spiro atoms. The van der Waals surface area contributed by atoms with E-state index in [1.165, 1.54) is 36.3 Å². The van der Waals surface area contributed by atoms with E-state index in [0.29, 0.717) is 25.0 Å². The first kappa shape index (κ1) is 13.3. The van der Waals surface area contributed by atoms with E-state index in [1.54, 1.807) is 0 Å². The van der Waals surface area contributed by atoms with Gasteiger partial charge in [-0.15, -0.1) is 0 Å². The molecule has 0 unspecified atom stereocenters. The minimum absolute atomic E-state index is 0.00776. The van der Waals surface area contributed by atoms with Crippen LogP contribution in [0.5, 0.6) is 0 Å². The molecule has 0 radical (unpaired) electrons. The molecule has 19 heavy (non-hydrogen) atoms. The van der Waals surface area contributed by atoms with Gasteiger partial charge in [0.1, 0.15) is 12.4 Å². The molecule has 0 saturated heterocycles. The zero-order valence-electron chi connectivity index (χ0n) is 10.7. The van der Waals surface area contributed by atoms with Crippen LogP contribution in [0.1, 0.15) is 19.3 Å². The third kappa shape index (κ3) is 3.94. The highest BCUT2D eigenvalue weighted by Gasteiger charge is 2.16. The Morgan fingerprint density at radius 2 is 2.47 bits per heavy atom. The maximum Gasteiger partial charge on any atom is 0.306 e. The molecule has 1 aromatic heterocycles. The third-order valence-electron chi connectivity index (χ3n) is 3.22. The summed E-state index contributed by atoms with van der Waals surface area (Å²) < 4.78 is 1.50. The van der Waals surface area contributed by atoms with Crippen molar-refractivity contribution in [3.63, 3.8) is 0 Å². The van der Waals surface area contributed by atoms with Crippen molar-refractivity contribution < 1.29 is 4.92 Å². The zero-order chi connectivity index (χ0) is 13.7. The Hall–Kier alpha value is -2.12. The Morgan fingerprint density at radius 1 is 1.68 bits per heavy atom. The molecule has 0 bridgehead atoms. The number of nitrogens with two attached hydrogens (primary N) is 1. The summed E-state index contributed by atoms with van der Waals surface area (Å²) in [6, 6.07) is 0. The van der Waals surface area contributed by atoms with Crippen molar-refractivity contribution in [1.29, 1.82) is 0 Å². The molecule has 1 aliphatic carbocycles. The molecule has 0 amide bonds. The van der Waals surface area contributed by atoms with E-state index in [4.69, 9.17) is 5.73 Å². The average Bonchev–Trinajstić information content (AvgIpc) is 2.76. The van der Waals surface area contributed by atoms with Crippen LogP contribution in [-0.4, -0.2) is 33.8 Å². The number of aliphatic imine (C=N–C) groups is 1. The van der Waals surface area contributed by atoms with Gasteiger partial charge in [0.2, 0.25) is 0 Å². The smallest absolute Gasteiger partial charge is 0.306 e. The fraction of sp³-hybridized carbons (Fsp3) is 0.636. The summed E-state index contributed by atoms with van der Waals surface area (Å²) in [5.74, 6) is 1.11. The number of aromatic nitrogens is 2. The van der Waals surface area contributed by atoms with Gasteiger partial charge in [-0.25, -0.2) is 0 Å².